The van der Waals surface area contributed by atoms with Crippen molar-refractivity contribution >= 4 is 17.9 Å². The summed E-state index contributed by atoms with van der Waals surface area (Å²) in [6.45, 7) is 6.62. The van der Waals surface area contributed by atoms with E-state index in [1.54, 1.807) is 0 Å². The molecule has 0 spiro atoms. The van der Waals surface area contributed by atoms with Crippen LogP contribution in [-0.4, -0.2) is 37.2 Å². The average Bonchev–Trinajstić information content (AvgIpc) is 3.41. The van der Waals surface area contributed by atoms with Gasteiger partial charge in [0.15, 0.2) is 6.10 Å². The van der Waals surface area contributed by atoms with Gasteiger partial charge in [0.1, 0.15) is 13.2 Å². The van der Waals surface area contributed by atoms with E-state index in [-0.39, 0.29) is 31.1 Å². The second-order valence-corrected chi connectivity index (χ2v) is 22.0. The molecule has 0 aromatic heterocycles. The predicted molar refractivity (Wildman–Crippen MR) is 325 cm³/mol. The topological polar surface area (TPSA) is 78.9 Å². The Morgan fingerprint density at radius 3 is 0.773 bits per heavy atom. The summed E-state index contributed by atoms with van der Waals surface area (Å²) < 4.78 is 16.9. The van der Waals surface area contributed by atoms with Crippen LogP contribution in [0.1, 0.15) is 342 Å². The summed E-state index contributed by atoms with van der Waals surface area (Å²) in [4.78, 5) is 38.4. The molecule has 75 heavy (non-hydrogen) atoms. The standard InChI is InChI=1S/C69H124O6/c1-4-7-10-13-16-19-22-25-28-31-33-34-36-38-41-44-47-50-53-56-59-62-68(71)74-65-66(64-73-67(70)61-58-55-52-49-46-43-40-37-30-27-24-21-18-15-12-9-6-3)75-69(72)63-60-57-54-51-48-45-42-39-35-32-29-26-23-20-17-14-11-8-5-2/h17-18,20-21,26-27,29-30,40,43,66H,4-16,19,22-25,28,31-39,41-42,44-65H2,1-3H3/b20-17-,21-18-,29-26-,30-27-,43-40-/t66-/m1/s1. The lowest BCUT2D eigenvalue weighted by Gasteiger charge is -2.18. The highest BCUT2D eigenvalue weighted by Crippen LogP contribution is 2.17. The van der Waals surface area contributed by atoms with E-state index >= 15 is 0 Å². The molecule has 0 aliphatic rings. The Kier molecular flexibility index (Phi) is 61.2. The van der Waals surface area contributed by atoms with Crippen molar-refractivity contribution < 1.29 is 28.6 Å². The van der Waals surface area contributed by atoms with Crippen LogP contribution in [0, 0.1) is 0 Å². The molecule has 0 rings (SSSR count). The van der Waals surface area contributed by atoms with Gasteiger partial charge in [-0.3, -0.25) is 14.4 Å². The molecule has 0 saturated carbocycles. The molecule has 0 N–H and O–H groups in total. The van der Waals surface area contributed by atoms with Crippen LogP contribution in [0.25, 0.3) is 0 Å². The van der Waals surface area contributed by atoms with Gasteiger partial charge in [-0.1, -0.05) is 293 Å². The van der Waals surface area contributed by atoms with Crippen molar-refractivity contribution in [2.45, 2.75) is 348 Å². The maximum atomic E-state index is 12.9. The van der Waals surface area contributed by atoms with E-state index in [1.807, 2.05) is 0 Å². The quantitative estimate of drug-likeness (QED) is 0.0261. The van der Waals surface area contributed by atoms with Crippen LogP contribution >= 0.6 is 0 Å². The normalized spacial score (nSPS) is 12.4. The molecule has 0 radical (unpaired) electrons. The fourth-order valence-corrected chi connectivity index (χ4v) is 9.54. The molecule has 0 bridgehead atoms. The predicted octanol–water partition coefficient (Wildman–Crippen LogP) is 22.3. The molecule has 0 aromatic rings. The number of allylic oxidation sites excluding steroid dienone is 10. The number of esters is 3. The molecule has 0 heterocycles. The van der Waals surface area contributed by atoms with E-state index in [0.717, 1.165) is 89.9 Å². The van der Waals surface area contributed by atoms with E-state index in [1.165, 1.54) is 212 Å². The smallest absolute Gasteiger partial charge is 0.306 e. The third kappa shape index (κ3) is 61.8. The first-order valence-corrected chi connectivity index (χ1v) is 32.8. The van der Waals surface area contributed by atoms with Gasteiger partial charge in [-0.2, -0.15) is 0 Å². The zero-order valence-electron chi connectivity index (χ0n) is 50.1. The first-order chi connectivity index (χ1) is 37.0. The zero-order valence-corrected chi connectivity index (χ0v) is 50.1. The summed E-state index contributed by atoms with van der Waals surface area (Å²) in [5, 5.41) is 0. The van der Waals surface area contributed by atoms with Gasteiger partial charge in [-0.05, 0) is 89.9 Å². The lowest BCUT2D eigenvalue weighted by atomic mass is 10.0. The summed E-state index contributed by atoms with van der Waals surface area (Å²) in [7, 11) is 0. The van der Waals surface area contributed by atoms with Gasteiger partial charge in [-0.25, -0.2) is 0 Å². The summed E-state index contributed by atoms with van der Waals surface area (Å²) in [5.41, 5.74) is 0. The first-order valence-electron chi connectivity index (χ1n) is 32.8. The third-order valence-electron chi connectivity index (χ3n) is 14.5. The van der Waals surface area contributed by atoms with Crippen LogP contribution < -0.4 is 0 Å². The minimum atomic E-state index is -0.786. The molecule has 0 aromatic carbocycles. The van der Waals surface area contributed by atoms with Gasteiger partial charge in [-0.15, -0.1) is 0 Å². The Balaban J connectivity index is 4.37. The van der Waals surface area contributed by atoms with Crippen LogP contribution in [-0.2, 0) is 28.6 Å². The largest absolute Gasteiger partial charge is 0.462 e. The van der Waals surface area contributed by atoms with Crippen LogP contribution in [0.4, 0.5) is 0 Å². The number of carbonyl (C=O) groups is 3. The molecule has 0 aliphatic carbocycles. The van der Waals surface area contributed by atoms with Crippen molar-refractivity contribution in [2.24, 2.45) is 0 Å². The lowest BCUT2D eigenvalue weighted by molar-refractivity contribution is -0.167. The first kappa shape index (κ1) is 72.1. The maximum absolute atomic E-state index is 12.9. The maximum Gasteiger partial charge on any atom is 0.306 e. The third-order valence-corrected chi connectivity index (χ3v) is 14.5. The molecule has 436 valence electrons. The number of carbonyl (C=O) groups excluding carboxylic acids is 3. The van der Waals surface area contributed by atoms with Gasteiger partial charge < -0.3 is 14.2 Å². The lowest BCUT2D eigenvalue weighted by Crippen LogP contribution is -2.30. The number of hydrogen-bond donors (Lipinski definition) is 0. The Morgan fingerprint density at radius 2 is 0.480 bits per heavy atom. The van der Waals surface area contributed by atoms with Crippen LogP contribution in [0.5, 0.6) is 0 Å². The average molecular weight is 1050 g/mol. The number of hydrogen-bond acceptors (Lipinski definition) is 6. The highest BCUT2D eigenvalue weighted by atomic mass is 16.6. The fraction of sp³-hybridized carbons (Fsp3) is 0.812. The molecular weight excluding hydrogens is 925 g/mol. The van der Waals surface area contributed by atoms with Crippen LogP contribution in [0.3, 0.4) is 0 Å². The van der Waals surface area contributed by atoms with Gasteiger partial charge in [0.05, 0.1) is 0 Å². The van der Waals surface area contributed by atoms with E-state index in [4.69, 9.17) is 14.2 Å². The monoisotopic (exact) mass is 1050 g/mol. The molecule has 1 atom stereocenters. The number of rotatable bonds is 60. The summed E-state index contributed by atoms with van der Waals surface area (Å²) in [6.07, 6.45) is 80.8. The number of unbranched alkanes of at least 4 members (excludes halogenated alkanes) is 39. The summed E-state index contributed by atoms with van der Waals surface area (Å²) in [6, 6.07) is 0. The van der Waals surface area contributed by atoms with Gasteiger partial charge >= 0.3 is 17.9 Å². The SMILES string of the molecule is CCCCC/C=C\C/C=C\C/C=C\CCCCCCC(=O)OC[C@H](COC(=O)CCCCCCCCCCCCCCCCCCCCCCC)OC(=O)CCCCCCCCCCC/C=C\C/C=C\CCCCC. The fourth-order valence-electron chi connectivity index (χ4n) is 9.54. The molecule has 0 saturated heterocycles. The highest BCUT2D eigenvalue weighted by molar-refractivity contribution is 5.71. The van der Waals surface area contributed by atoms with Crippen LogP contribution in [0.15, 0.2) is 60.8 Å². The van der Waals surface area contributed by atoms with E-state index in [9.17, 15) is 14.4 Å². The highest BCUT2D eigenvalue weighted by Gasteiger charge is 2.19. The second kappa shape index (κ2) is 63.6. The Morgan fingerprint density at radius 1 is 0.267 bits per heavy atom. The van der Waals surface area contributed by atoms with Gasteiger partial charge in [0.2, 0.25) is 0 Å². The molecule has 6 nitrogen and oxygen atoms in total. The molecule has 0 aliphatic heterocycles. The van der Waals surface area contributed by atoms with Crippen molar-refractivity contribution in [1.82, 2.24) is 0 Å². The summed E-state index contributed by atoms with van der Waals surface area (Å²) in [5.74, 6) is -0.887. The van der Waals surface area contributed by atoms with Crippen LogP contribution in [0.2, 0.25) is 0 Å². The van der Waals surface area contributed by atoms with Gasteiger partial charge in [0, 0.05) is 19.3 Å². The number of ether oxygens (including phenoxy) is 3. The van der Waals surface area contributed by atoms with E-state index in [2.05, 4.69) is 81.5 Å². The van der Waals surface area contributed by atoms with Crippen molar-refractivity contribution in [1.29, 1.82) is 0 Å². The molecule has 0 amide bonds. The Bertz CT molecular complexity index is 1340. The minimum Gasteiger partial charge on any atom is -0.462 e. The van der Waals surface area contributed by atoms with Crippen molar-refractivity contribution in [2.75, 3.05) is 13.2 Å². The van der Waals surface area contributed by atoms with Gasteiger partial charge in [0.25, 0.3) is 0 Å². The van der Waals surface area contributed by atoms with E-state index < -0.39 is 6.10 Å². The summed E-state index contributed by atoms with van der Waals surface area (Å²) >= 11 is 0. The zero-order chi connectivity index (χ0) is 54.3. The molecule has 6 heteroatoms. The van der Waals surface area contributed by atoms with E-state index in [0.29, 0.717) is 19.3 Å². The Hall–Kier alpha value is -2.89. The van der Waals surface area contributed by atoms with Crippen molar-refractivity contribution in [3.05, 3.63) is 60.8 Å². The second-order valence-electron chi connectivity index (χ2n) is 22.0. The molecule has 0 fully saturated rings. The minimum absolute atomic E-state index is 0.0799. The van der Waals surface area contributed by atoms with Crippen molar-refractivity contribution in [3.8, 4) is 0 Å². The Labute approximate surface area is 466 Å². The molecular formula is C69H124O6. The van der Waals surface area contributed by atoms with Crippen molar-refractivity contribution in [3.63, 3.8) is 0 Å². The molecule has 0 unspecified atom stereocenters.